The fourth-order valence-electron chi connectivity index (χ4n) is 3.42. The predicted molar refractivity (Wildman–Crippen MR) is 130 cm³/mol. The van der Waals surface area contributed by atoms with E-state index >= 15 is 0 Å². The van der Waals surface area contributed by atoms with Gasteiger partial charge in [0.1, 0.15) is 5.75 Å². The second kappa shape index (κ2) is 10.1. The Morgan fingerprint density at radius 2 is 1.97 bits per heavy atom. The van der Waals surface area contributed by atoms with Crippen LogP contribution in [0.3, 0.4) is 0 Å². The van der Waals surface area contributed by atoms with Crippen LogP contribution in [0, 0.1) is 5.82 Å². The highest BCUT2D eigenvalue weighted by Crippen LogP contribution is 2.39. The second-order valence-electron chi connectivity index (χ2n) is 7.37. The zero-order chi connectivity index (χ0) is 24.4. The molecule has 5 rings (SSSR count). The molecule has 1 aromatic carbocycles. The van der Waals surface area contributed by atoms with Gasteiger partial charge < -0.3 is 30.0 Å². The Morgan fingerprint density at radius 3 is 2.69 bits per heavy atom. The van der Waals surface area contributed by atoms with Crippen LogP contribution in [-0.2, 0) is 9.47 Å². The molecule has 4 aromatic rings. The van der Waals surface area contributed by atoms with Crippen molar-refractivity contribution in [2.24, 2.45) is 0 Å². The molecular formula is C23H18F2N4O4S2. The van der Waals surface area contributed by atoms with Crippen LogP contribution in [0.15, 0.2) is 54.9 Å². The quantitative estimate of drug-likeness (QED) is 0.188. The maximum atomic E-state index is 14.7. The van der Waals surface area contributed by atoms with Crippen LogP contribution in [0.2, 0.25) is 0 Å². The number of nitrogens with zero attached hydrogens (tertiary/aromatic N) is 2. The zero-order valence-corrected chi connectivity index (χ0v) is 19.5. The highest BCUT2D eigenvalue weighted by atomic mass is 32.1. The van der Waals surface area contributed by atoms with E-state index < -0.39 is 12.3 Å². The van der Waals surface area contributed by atoms with Crippen LogP contribution >= 0.6 is 23.6 Å². The van der Waals surface area contributed by atoms with Crippen molar-refractivity contribution in [1.82, 2.24) is 15.3 Å². The van der Waals surface area contributed by atoms with E-state index in [4.69, 9.17) is 31.5 Å². The average molecular weight is 517 g/mol. The Balaban J connectivity index is 1.35. The number of alkyl halides is 1. The summed E-state index contributed by atoms with van der Waals surface area (Å²) in [5, 5.41) is 13.0. The van der Waals surface area contributed by atoms with Crippen LogP contribution in [-0.4, -0.2) is 39.9 Å². The topological polar surface area (TPSA) is 97.8 Å². The molecule has 1 atom stereocenters. The minimum atomic E-state index is -2.32. The van der Waals surface area contributed by atoms with Gasteiger partial charge in [-0.25, -0.2) is 4.39 Å². The van der Waals surface area contributed by atoms with E-state index in [9.17, 15) is 8.78 Å². The summed E-state index contributed by atoms with van der Waals surface area (Å²) in [6.07, 6.45) is 2.92. The van der Waals surface area contributed by atoms with Crippen molar-refractivity contribution < 1.29 is 28.1 Å². The van der Waals surface area contributed by atoms with E-state index in [-0.39, 0.29) is 22.8 Å². The molecule has 0 saturated carbocycles. The predicted octanol–water partition coefficient (Wildman–Crippen LogP) is 4.87. The van der Waals surface area contributed by atoms with Gasteiger partial charge in [-0.2, -0.15) is 4.39 Å². The van der Waals surface area contributed by atoms with Gasteiger partial charge in [-0.05, 0) is 36.5 Å². The molecule has 1 unspecified atom stereocenters. The first kappa shape index (κ1) is 23.5. The van der Waals surface area contributed by atoms with Gasteiger partial charge in [-0.3, -0.25) is 9.97 Å². The third kappa shape index (κ3) is 5.36. The molecule has 0 bridgehead atoms. The maximum absolute atomic E-state index is 14.7. The SMILES string of the molecule is OC(F)NC(=S)Nc1ccc(Oc2ccnc3cc(-c4ccc(C5OCCO5)cn4)sc23)c(F)c1. The zero-order valence-electron chi connectivity index (χ0n) is 17.9. The molecule has 1 aliphatic heterocycles. The highest BCUT2D eigenvalue weighted by molar-refractivity contribution is 7.80. The monoisotopic (exact) mass is 516 g/mol. The summed E-state index contributed by atoms with van der Waals surface area (Å²) in [4.78, 5) is 9.79. The molecule has 8 nitrogen and oxygen atoms in total. The molecule has 1 aliphatic rings. The number of fused-ring (bicyclic) bond motifs is 1. The first-order valence-electron chi connectivity index (χ1n) is 10.4. The molecule has 180 valence electrons. The molecule has 12 heteroatoms. The molecule has 1 fully saturated rings. The Bertz CT molecular complexity index is 1360. The third-order valence-corrected chi connectivity index (χ3v) is 6.35. The number of hydrogen-bond acceptors (Lipinski definition) is 8. The van der Waals surface area contributed by atoms with E-state index in [2.05, 4.69) is 15.3 Å². The van der Waals surface area contributed by atoms with Crippen LogP contribution in [0.25, 0.3) is 20.8 Å². The van der Waals surface area contributed by atoms with E-state index in [0.717, 1.165) is 26.9 Å². The largest absolute Gasteiger partial charge is 0.453 e. The average Bonchev–Trinajstić information content (AvgIpc) is 3.51. The van der Waals surface area contributed by atoms with Gasteiger partial charge in [0.2, 0.25) is 0 Å². The Morgan fingerprint density at radius 1 is 1.14 bits per heavy atom. The standard InChI is InChI=1S/C23H18F2N4O4S2/c24-14-9-13(28-23(34)29-22(25)30)2-4-17(14)33-18-5-6-26-16-10-19(35-20(16)18)15-3-1-12(11-27-15)21-31-7-8-32-21/h1-6,9-11,21-22,30H,7-8H2,(H2,28,29,34). The first-order valence-corrected chi connectivity index (χ1v) is 11.6. The number of aliphatic hydroxyl groups excluding tert-OH is 1. The number of pyridine rings is 2. The molecule has 3 aromatic heterocycles. The molecule has 0 spiro atoms. The van der Waals surface area contributed by atoms with Crippen molar-refractivity contribution in [2.45, 2.75) is 12.8 Å². The van der Waals surface area contributed by atoms with Gasteiger partial charge in [-0.1, -0.05) is 6.07 Å². The lowest BCUT2D eigenvalue weighted by atomic mass is 10.2. The van der Waals surface area contributed by atoms with Crippen LogP contribution in [0.1, 0.15) is 11.9 Å². The van der Waals surface area contributed by atoms with Crippen molar-refractivity contribution in [3.8, 4) is 22.1 Å². The van der Waals surface area contributed by atoms with Crippen LogP contribution < -0.4 is 15.4 Å². The maximum Gasteiger partial charge on any atom is 0.275 e. The number of benzene rings is 1. The summed E-state index contributed by atoms with van der Waals surface area (Å²) in [7, 11) is 0. The van der Waals surface area contributed by atoms with E-state index in [0.29, 0.717) is 24.5 Å². The Hall–Kier alpha value is -3.29. The minimum absolute atomic E-state index is 0.0126. The van der Waals surface area contributed by atoms with Gasteiger partial charge in [0.15, 0.2) is 23.0 Å². The van der Waals surface area contributed by atoms with Gasteiger partial charge >= 0.3 is 0 Å². The summed E-state index contributed by atoms with van der Waals surface area (Å²) in [5.41, 5.74) is 2.55. The lowest BCUT2D eigenvalue weighted by molar-refractivity contribution is -0.0443. The van der Waals surface area contributed by atoms with Crippen LogP contribution in [0.5, 0.6) is 11.5 Å². The lowest BCUT2D eigenvalue weighted by Crippen LogP contribution is -2.34. The Kier molecular flexibility index (Phi) is 6.79. The summed E-state index contributed by atoms with van der Waals surface area (Å²) < 4.78 is 44.8. The van der Waals surface area contributed by atoms with Gasteiger partial charge in [-0.15, -0.1) is 11.3 Å². The van der Waals surface area contributed by atoms with Crippen molar-refractivity contribution in [3.63, 3.8) is 0 Å². The summed E-state index contributed by atoms with van der Waals surface area (Å²) >= 11 is 6.25. The highest BCUT2D eigenvalue weighted by Gasteiger charge is 2.19. The first-order chi connectivity index (χ1) is 17.0. The summed E-state index contributed by atoms with van der Waals surface area (Å²) in [6.45, 7) is -1.20. The van der Waals surface area contributed by atoms with Crippen LogP contribution in [0.4, 0.5) is 14.5 Å². The molecule has 1 saturated heterocycles. The molecular weight excluding hydrogens is 498 g/mol. The number of ether oxygens (including phenoxy) is 3. The number of thiocarbonyl (C=S) groups is 1. The van der Waals surface area contributed by atoms with Crippen molar-refractivity contribution in [3.05, 3.63) is 66.2 Å². The van der Waals surface area contributed by atoms with Gasteiger partial charge in [0.05, 0.1) is 34.0 Å². The lowest BCUT2D eigenvalue weighted by Gasteiger charge is -2.12. The number of anilines is 1. The summed E-state index contributed by atoms with van der Waals surface area (Å²) in [6, 6.07) is 11.4. The number of thiophene rings is 1. The third-order valence-electron chi connectivity index (χ3n) is 4.97. The number of halogens is 2. The second-order valence-corrected chi connectivity index (χ2v) is 8.83. The molecule has 4 heterocycles. The Labute approximate surface area is 207 Å². The molecule has 3 N–H and O–H groups in total. The fraction of sp³-hybridized carbons (Fsp3) is 0.174. The smallest absolute Gasteiger partial charge is 0.275 e. The van der Waals surface area contributed by atoms with E-state index in [1.165, 1.54) is 23.5 Å². The van der Waals surface area contributed by atoms with Crippen molar-refractivity contribution in [2.75, 3.05) is 18.5 Å². The molecule has 0 radical (unpaired) electrons. The van der Waals surface area contributed by atoms with Crippen molar-refractivity contribution in [1.29, 1.82) is 0 Å². The minimum Gasteiger partial charge on any atom is -0.453 e. The number of rotatable bonds is 6. The van der Waals surface area contributed by atoms with Crippen molar-refractivity contribution >= 4 is 44.6 Å². The number of aliphatic hydroxyl groups is 1. The van der Waals surface area contributed by atoms with E-state index in [1.807, 2.05) is 23.5 Å². The molecule has 0 aliphatic carbocycles. The fourth-order valence-corrected chi connectivity index (χ4v) is 4.68. The normalized spacial score (nSPS) is 14.7. The number of nitrogens with one attached hydrogen (secondary N) is 2. The molecule has 0 amide bonds. The summed E-state index contributed by atoms with van der Waals surface area (Å²) in [5.74, 6) is -0.233. The van der Waals surface area contributed by atoms with Gasteiger partial charge in [0.25, 0.3) is 6.48 Å². The molecule has 35 heavy (non-hydrogen) atoms. The van der Waals surface area contributed by atoms with E-state index in [1.54, 1.807) is 18.5 Å². The number of hydrogen-bond donors (Lipinski definition) is 3. The van der Waals surface area contributed by atoms with Gasteiger partial charge in [0, 0.05) is 35.8 Å². The number of aromatic nitrogens is 2.